The van der Waals surface area contributed by atoms with E-state index >= 15 is 0 Å². The highest BCUT2D eigenvalue weighted by Gasteiger charge is 2.20. The van der Waals surface area contributed by atoms with Gasteiger partial charge in [-0.1, -0.05) is 23.9 Å². The normalized spacial score (nSPS) is 11.5. The summed E-state index contributed by atoms with van der Waals surface area (Å²) in [5, 5.41) is 15.4. The predicted molar refractivity (Wildman–Crippen MR) is 141 cm³/mol. The molecule has 14 heteroatoms. The first-order chi connectivity index (χ1) is 18.2. The third-order valence-electron chi connectivity index (χ3n) is 4.91. The molecule has 4 rings (SSSR count). The van der Waals surface area contributed by atoms with E-state index < -0.39 is 15.0 Å². The Morgan fingerprint density at radius 2 is 1.92 bits per heavy atom. The fourth-order valence-electron chi connectivity index (χ4n) is 3.19. The molecule has 2 N–H and O–H groups in total. The first-order valence-electron chi connectivity index (χ1n) is 11.1. The van der Waals surface area contributed by atoms with Crippen LogP contribution in [0, 0.1) is 10.1 Å². The van der Waals surface area contributed by atoms with Crippen LogP contribution in [0.1, 0.15) is 12.5 Å². The number of nitrogens with one attached hydrogen (secondary N) is 2. The smallest absolute Gasteiger partial charge is 0.339 e. The highest BCUT2D eigenvalue weighted by atomic mass is 32.2. The third-order valence-corrected chi connectivity index (χ3v) is 7.04. The molecular formula is C24H21N5O7S2. The number of benzene rings is 3. The molecular weight excluding hydrogens is 534 g/mol. The minimum atomic E-state index is -4.28. The Kier molecular flexibility index (Phi) is 8.23. The second-order valence-corrected chi connectivity index (χ2v) is 10.1. The van der Waals surface area contributed by atoms with Crippen molar-refractivity contribution in [2.45, 2.75) is 17.0 Å². The van der Waals surface area contributed by atoms with E-state index in [-0.39, 0.29) is 40.3 Å². The first-order valence-corrected chi connectivity index (χ1v) is 13.5. The molecule has 1 aromatic heterocycles. The number of imidazole rings is 1. The van der Waals surface area contributed by atoms with Crippen LogP contribution in [-0.4, -0.2) is 47.8 Å². The number of ether oxygens (including phenoxy) is 1. The number of para-hydroxylation sites is 2. The standard InChI is InChI=1S/C24H21N5O7S2/c1-2-35-22-13-16(7-12-21(22)36-38(33,34)18-10-8-17(9-11-18)29(31)32)14-25-28-23(30)15-37-24-26-19-5-3-4-6-20(19)27-24/h3-14H,2,15H2,1H3,(H,26,27)(H,28,30)/b25-14-. The molecule has 1 heterocycles. The van der Waals surface area contributed by atoms with Gasteiger partial charge in [-0.15, -0.1) is 0 Å². The SMILES string of the molecule is CCOc1cc(/C=N\NC(=O)CSc2nc3ccccc3[nH]2)ccc1OS(=O)(=O)c1ccc([N+](=O)[O-])cc1. The zero-order valence-corrected chi connectivity index (χ0v) is 21.5. The number of amides is 1. The number of fused-ring (bicyclic) bond motifs is 1. The minimum absolute atomic E-state index is 0.0753. The maximum Gasteiger partial charge on any atom is 0.339 e. The van der Waals surface area contributed by atoms with Crippen molar-refractivity contribution in [3.05, 3.63) is 82.4 Å². The van der Waals surface area contributed by atoms with Gasteiger partial charge in [0.15, 0.2) is 16.7 Å². The van der Waals surface area contributed by atoms with Gasteiger partial charge in [0, 0.05) is 12.1 Å². The summed E-state index contributed by atoms with van der Waals surface area (Å²) in [6.07, 6.45) is 1.38. The Bertz CT molecular complexity index is 1570. The van der Waals surface area contributed by atoms with Crippen LogP contribution in [0.3, 0.4) is 0 Å². The van der Waals surface area contributed by atoms with Gasteiger partial charge in [0.05, 0.1) is 34.5 Å². The highest BCUT2D eigenvalue weighted by Crippen LogP contribution is 2.31. The van der Waals surface area contributed by atoms with E-state index in [9.17, 15) is 23.3 Å². The molecule has 0 bridgehead atoms. The Morgan fingerprint density at radius 1 is 1.16 bits per heavy atom. The van der Waals surface area contributed by atoms with E-state index in [4.69, 9.17) is 8.92 Å². The van der Waals surface area contributed by atoms with Crippen molar-refractivity contribution in [2.24, 2.45) is 5.10 Å². The first kappa shape index (κ1) is 26.6. The maximum absolute atomic E-state index is 12.7. The second kappa shape index (κ2) is 11.7. The number of thioether (sulfide) groups is 1. The van der Waals surface area contributed by atoms with Gasteiger partial charge in [-0.25, -0.2) is 10.4 Å². The van der Waals surface area contributed by atoms with Crippen LogP contribution in [0.5, 0.6) is 11.5 Å². The number of nitro benzene ring substituents is 1. The van der Waals surface area contributed by atoms with Gasteiger partial charge in [0.1, 0.15) is 4.90 Å². The molecule has 0 unspecified atom stereocenters. The van der Waals surface area contributed by atoms with E-state index in [1.54, 1.807) is 6.92 Å². The number of nitrogens with zero attached hydrogens (tertiary/aromatic N) is 3. The Balaban J connectivity index is 1.38. The molecule has 0 aliphatic carbocycles. The molecule has 3 aromatic carbocycles. The van der Waals surface area contributed by atoms with Crippen LogP contribution in [0.25, 0.3) is 11.0 Å². The zero-order valence-electron chi connectivity index (χ0n) is 19.9. The monoisotopic (exact) mass is 555 g/mol. The number of aromatic nitrogens is 2. The van der Waals surface area contributed by atoms with Gasteiger partial charge < -0.3 is 13.9 Å². The molecule has 1 amide bonds. The number of nitro groups is 1. The topological polar surface area (TPSA) is 166 Å². The van der Waals surface area contributed by atoms with Gasteiger partial charge in [0.25, 0.3) is 11.6 Å². The Hall–Kier alpha value is -4.43. The van der Waals surface area contributed by atoms with Crippen LogP contribution in [-0.2, 0) is 14.9 Å². The van der Waals surface area contributed by atoms with Crippen LogP contribution >= 0.6 is 11.8 Å². The number of aromatic amines is 1. The van der Waals surface area contributed by atoms with Crippen LogP contribution in [0.2, 0.25) is 0 Å². The maximum atomic E-state index is 12.7. The van der Waals surface area contributed by atoms with E-state index in [0.29, 0.717) is 10.7 Å². The van der Waals surface area contributed by atoms with Crippen molar-refractivity contribution in [1.29, 1.82) is 0 Å². The van der Waals surface area contributed by atoms with Gasteiger partial charge in [-0.05, 0) is 55.0 Å². The number of rotatable bonds is 11. The lowest BCUT2D eigenvalue weighted by molar-refractivity contribution is -0.384. The summed E-state index contributed by atoms with van der Waals surface area (Å²) in [7, 11) is -4.28. The third kappa shape index (κ3) is 6.66. The summed E-state index contributed by atoms with van der Waals surface area (Å²) in [4.78, 5) is 29.6. The van der Waals surface area contributed by atoms with Crippen LogP contribution < -0.4 is 14.3 Å². The van der Waals surface area contributed by atoms with Gasteiger partial charge in [-0.2, -0.15) is 13.5 Å². The van der Waals surface area contributed by atoms with Crippen molar-refractivity contribution in [3.8, 4) is 11.5 Å². The molecule has 0 radical (unpaired) electrons. The van der Waals surface area contributed by atoms with Crippen LogP contribution in [0.4, 0.5) is 5.69 Å². The fourth-order valence-corrected chi connectivity index (χ4v) is 4.80. The number of hydrazone groups is 1. The number of carbonyl (C=O) groups is 1. The van der Waals surface area contributed by atoms with Crippen molar-refractivity contribution in [3.63, 3.8) is 0 Å². The summed E-state index contributed by atoms with van der Waals surface area (Å²) < 4.78 is 36.0. The lowest BCUT2D eigenvalue weighted by atomic mass is 10.2. The summed E-state index contributed by atoms with van der Waals surface area (Å²) >= 11 is 1.24. The second-order valence-electron chi connectivity index (χ2n) is 7.57. The number of hydrogen-bond donors (Lipinski definition) is 2. The van der Waals surface area contributed by atoms with Crippen molar-refractivity contribution in [2.75, 3.05) is 12.4 Å². The highest BCUT2D eigenvalue weighted by molar-refractivity contribution is 7.99. The fraction of sp³-hybridized carbons (Fsp3) is 0.125. The molecule has 0 spiro atoms. The lowest BCUT2D eigenvalue weighted by Gasteiger charge is -2.12. The summed E-state index contributed by atoms with van der Waals surface area (Å²) in [5.74, 6) is -0.192. The number of hydrogen-bond acceptors (Lipinski definition) is 10. The average Bonchev–Trinajstić information content (AvgIpc) is 3.32. The molecule has 38 heavy (non-hydrogen) atoms. The van der Waals surface area contributed by atoms with E-state index in [0.717, 1.165) is 35.3 Å². The predicted octanol–water partition coefficient (Wildman–Crippen LogP) is 3.88. The number of H-pyrrole nitrogens is 1. The molecule has 0 saturated heterocycles. The van der Waals surface area contributed by atoms with Gasteiger partial charge in [0.2, 0.25) is 0 Å². The van der Waals surface area contributed by atoms with E-state index in [1.807, 2.05) is 24.3 Å². The summed E-state index contributed by atoms with van der Waals surface area (Å²) in [6.45, 7) is 1.94. The quantitative estimate of drug-likeness (QED) is 0.0918. The van der Waals surface area contributed by atoms with Gasteiger partial charge in [-0.3, -0.25) is 14.9 Å². The molecule has 0 aliphatic rings. The summed E-state index contributed by atoms with van der Waals surface area (Å²) in [6, 6.07) is 16.3. The Labute approximate surface area is 221 Å². The van der Waals surface area contributed by atoms with Crippen molar-refractivity contribution >= 4 is 50.7 Å². The van der Waals surface area contributed by atoms with Crippen molar-refractivity contribution in [1.82, 2.24) is 15.4 Å². The summed E-state index contributed by atoms with van der Waals surface area (Å²) in [5.41, 5.74) is 4.38. The average molecular weight is 556 g/mol. The van der Waals surface area contributed by atoms with Crippen molar-refractivity contribution < 1.29 is 27.1 Å². The largest absolute Gasteiger partial charge is 0.490 e. The lowest BCUT2D eigenvalue weighted by Crippen LogP contribution is -2.19. The van der Waals surface area contributed by atoms with Crippen LogP contribution in [0.15, 0.2) is 81.9 Å². The molecule has 0 aliphatic heterocycles. The molecule has 0 fully saturated rings. The number of carbonyl (C=O) groups excluding carboxylic acids is 1. The zero-order chi connectivity index (χ0) is 27.1. The van der Waals surface area contributed by atoms with E-state index in [1.165, 1.54) is 36.2 Å². The van der Waals surface area contributed by atoms with Gasteiger partial charge >= 0.3 is 10.1 Å². The number of non-ortho nitro benzene ring substituents is 1. The molecule has 0 saturated carbocycles. The van der Waals surface area contributed by atoms with E-state index in [2.05, 4.69) is 20.5 Å². The molecule has 4 aromatic rings. The molecule has 0 atom stereocenters. The minimum Gasteiger partial charge on any atom is -0.490 e. The Morgan fingerprint density at radius 3 is 2.63 bits per heavy atom. The molecule has 12 nitrogen and oxygen atoms in total. The molecule has 196 valence electrons.